The number of amides is 1. The van der Waals surface area contributed by atoms with E-state index < -0.39 is 0 Å². The number of rotatable bonds is 8. The van der Waals surface area contributed by atoms with Crippen molar-refractivity contribution in [3.63, 3.8) is 0 Å². The van der Waals surface area contributed by atoms with Crippen LogP contribution < -0.4 is 14.8 Å². The topological polar surface area (TPSA) is 47.6 Å². The summed E-state index contributed by atoms with van der Waals surface area (Å²) in [5.74, 6) is 2.48. The summed E-state index contributed by atoms with van der Waals surface area (Å²) in [4.78, 5) is 12.1. The second-order valence-electron chi connectivity index (χ2n) is 5.33. The summed E-state index contributed by atoms with van der Waals surface area (Å²) in [6, 6.07) is 13.8. The predicted molar refractivity (Wildman–Crippen MR) is 100 cm³/mol. The largest absolute Gasteiger partial charge is 0.493 e. The van der Waals surface area contributed by atoms with Gasteiger partial charge < -0.3 is 14.8 Å². The highest BCUT2D eigenvalue weighted by Gasteiger charge is 2.08. The smallest absolute Gasteiger partial charge is 0.234 e. The number of carbonyl (C=O) groups is 1. The molecule has 0 radical (unpaired) electrons. The van der Waals surface area contributed by atoms with Crippen LogP contribution in [-0.2, 0) is 10.5 Å². The van der Waals surface area contributed by atoms with E-state index in [0.717, 1.165) is 5.75 Å². The summed E-state index contributed by atoms with van der Waals surface area (Å²) in [6.07, 6.45) is 0. The first kappa shape index (κ1) is 18.2. The molecule has 0 aliphatic carbocycles. The van der Waals surface area contributed by atoms with Gasteiger partial charge in [0.25, 0.3) is 0 Å². The quantitative estimate of drug-likeness (QED) is 0.776. The maximum absolute atomic E-state index is 12.1. The van der Waals surface area contributed by atoms with Gasteiger partial charge in [0.05, 0.1) is 19.5 Å². The first-order chi connectivity index (χ1) is 11.6. The summed E-state index contributed by atoms with van der Waals surface area (Å²) in [5, 5.41) is 2.89. The molecule has 0 spiro atoms. The van der Waals surface area contributed by atoms with Crippen molar-refractivity contribution >= 4 is 23.4 Å². The third-order valence-electron chi connectivity index (χ3n) is 3.37. The van der Waals surface area contributed by atoms with Crippen LogP contribution >= 0.6 is 11.8 Å². The van der Waals surface area contributed by atoms with Gasteiger partial charge in [-0.2, -0.15) is 0 Å². The fourth-order valence-electron chi connectivity index (χ4n) is 2.16. The molecule has 2 aromatic carbocycles. The third kappa shape index (κ3) is 5.49. The van der Waals surface area contributed by atoms with Gasteiger partial charge in [-0.05, 0) is 31.5 Å². The molecule has 0 heterocycles. The lowest BCUT2D eigenvalue weighted by molar-refractivity contribution is -0.113. The summed E-state index contributed by atoms with van der Waals surface area (Å²) in [6.45, 7) is 4.55. The van der Waals surface area contributed by atoms with Crippen LogP contribution in [0.4, 0.5) is 5.69 Å². The molecule has 0 saturated carbocycles. The minimum Gasteiger partial charge on any atom is -0.493 e. The van der Waals surface area contributed by atoms with E-state index in [4.69, 9.17) is 9.47 Å². The Kier molecular flexibility index (Phi) is 7.00. The fraction of sp³-hybridized carbons (Fsp3) is 0.316. The molecule has 2 rings (SSSR count). The Bertz CT molecular complexity index is 671. The van der Waals surface area contributed by atoms with Crippen LogP contribution in [0.2, 0.25) is 0 Å². The number of aryl methyl sites for hydroxylation is 1. The molecule has 4 nitrogen and oxygen atoms in total. The van der Waals surface area contributed by atoms with Crippen molar-refractivity contribution in [2.24, 2.45) is 0 Å². The number of methoxy groups -OCH3 is 1. The molecule has 128 valence electrons. The number of carbonyl (C=O) groups excluding carboxylic acids is 1. The summed E-state index contributed by atoms with van der Waals surface area (Å²) < 4.78 is 10.8. The molecule has 0 bridgehead atoms. The van der Waals surface area contributed by atoms with Crippen LogP contribution in [0, 0.1) is 6.92 Å². The van der Waals surface area contributed by atoms with Crippen molar-refractivity contribution in [1.29, 1.82) is 0 Å². The molecule has 1 amide bonds. The lowest BCUT2D eigenvalue weighted by Gasteiger charge is -2.11. The van der Waals surface area contributed by atoms with E-state index in [0.29, 0.717) is 29.5 Å². The van der Waals surface area contributed by atoms with Gasteiger partial charge in [-0.15, -0.1) is 11.8 Å². The van der Waals surface area contributed by atoms with E-state index in [1.165, 1.54) is 11.1 Å². The summed E-state index contributed by atoms with van der Waals surface area (Å²) >= 11 is 1.59. The average molecular weight is 345 g/mol. The average Bonchev–Trinajstić information content (AvgIpc) is 2.58. The van der Waals surface area contributed by atoms with Gasteiger partial charge in [0, 0.05) is 17.5 Å². The molecular formula is C19H23NO3S. The molecule has 24 heavy (non-hydrogen) atoms. The molecule has 0 unspecified atom stereocenters. The lowest BCUT2D eigenvalue weighted by Crippen LogP contribution is -2.14. The maximum Gasteiger partial charge on any atom is 0.234 e. The Morgan fingerprint density at radius 2 is 1.88 bits per heavy atom. The molecule has 5 heteroatoms. The molecule has 0 aliphatic heterocycles. The van der Waals surface area contributed by atoms with Crippen molar-refractivity contribution < 1.29 is 14.3 Å². The molecule has 2 aromatic rings. The minimum absolute atomic E-state index is 0.0293. The molecule has 1 N–H and O–H groups in total. The standard InChI is InChI=1S/C19H23NO3S/c1-4-23-17-10-9-16(11-18(17)22-3)20-19(21)13-24-12-15-7-5-14(2)6-8-15/h5-11H,4,12-13H2,1-3H3,(H,20,21). The van der Waals surface area contributed by atoms with Gasteiger partial charge in [-0.25, -0.2) is 0 Å². The Morgan fingerprint density at radius 1 is 1.12 bits per heavy atom. The van der Waals surface area contributed by atoms with E-state index in [2.05, 4.69) is 36.5 Å². The first-order valence-corrected chi connectivity index (χ1v) is 9.01. The van der Waals surface area contributed by atoms with Crippen LogP contribution in [0.25, 0.3) is 0 Å². The van der Waals surface area contributed by atoms with Crippen LogP contribution in [0.5, 0.6) is 11.5 Å². The normalized spacial score (nSPS) is 10.3. The summed E-state index contributed by atoms with van der Waals surface area (Å²) in [5.41, 5.74) is 3.17. The number of ether oxygens (including phenoxy) is 2. The fourth-order valence-corrected chi connectivity index (χ4v) is 2.95. The van der Waals surface area contributed by atoms with Gasteiger partial charge in [-0.1, -0.05) is 29.8 Å². The van der Waals surface area contributed by atoms with Gasteiger partial charge in [0.15, 0.2) is 11.5 Å². The van der Waals surface area contributed by atoms with Crippen LogP contribution in [0.15, 0.2) is 42.5 Å². The van der Waals surface area contributed by atoms with E-state index >= 15 is 0 Å². The Morgan fingerprint density at radius 3 is 2.54 bits per heavy atom. The van der Waals surface area contributed by atoms with Crippen LogP contribution in [-0.4, -0.2) is 25.4 Å². The van der Waals surface area contributed by atoms with Gasteiger partial charge >= 0.3 is 0 Å². The van der Waals surface area contributed by atoms with Crippen LogP contribution in [0.1, 0.15) is 18.1 Å². The van der Waals surface area contributed by atoms with Gasteiger partial charge in [-0.3, -0.25) is 4.79 Å². The maximum atomic E-state index is 12.1. The zero-order valence-electron chi connectivity index (χ0n) is 14.3. The van der Waals surface area contributed by atoms with Crippen molar-refractivity contribution in [2.45, 2.75) is 19.6 Å². The number of anilines is 1. The SMILES string of the molecule is CCOc1ccc(NC(=O)CSCc2ccc(C)cc2)cc1OC. The van der Waals surface area contributed by atoms with Crippen molar-refractivity contribution in [2.75, 3.05) is 24.8 Å². The number of thioether (sulfide) groups is 1. The number of hydrogen-bond acceptors (Lipinski definition) is 4. The highest BCUT2D eigenvalue weighted by atomic mass is 32.2. The monoisotopic (exact) mass is 345 g/mol. The highest BCUT2D eigenvalue weighted by Crippen LogP contribution is 2.30. The highest BCUT2D eigenvalue weighted by molar-refractivity contribution is 7.99. The summed E-state index contributed by atoms with van der Waals surface area (Å²) in [7, 11) is 1.58. The first-order valence-electron chi connectivity index (χ1n) is 7.86. The van der Waals surface area contributed by atoms with E-state index in [1.54, 1.807) is 31.0 Å². The Hall–Kier alpha value is -2.14. The second kappa shape index (κ2) is 9.23. The van der Waals surface area contributed by atoms with Gasteiger partial charge in [0.2, 0.25) is 5.91 Å². The van der Waals surface area contributed by atoms with Crippen molar-refractivity contribution in [1.82, 2.24) is 0 Å². The Labute approximate surface area is 147 Å². The molecule has 0 atom stereocenters. The van der Waals surface area contributed by atoms with E-state index in [9.17, 15) is 4.79 Å². The molecule has 0 aromatic heterocycles. The van der Waals surface area contributed by atoms with Crippen LogP contribution in [0.3, 0.4) is 0 Å². The zero-order valence-corrected chi connectivity index (χ0v) is 15.1. The second-order valence-corrected chi connectivity index (χ2v) is 6.31. The van der Waals surface area contributed by atoms with E-state index in [1.807, 2.05) is 13.0 Å². The number of hydrogen-bond donors (Lipinski definition) is 1. The zero-order chi connectivity index (χ0) is 17.4. The molecular weight excluding hydrogens is 322 g/mol. The van der Waals surface area contributed by atoms with Gasteiger partial charge in [0.1, 0.15) is 0 Å². The predicted octanol–water partition coefficient (Wildman–Crippen LogP) is 4.27. The minimum atomic E-state index is -0.0293. The van der Waals surface area contributed by atoms with E-state index in [-0.39, 0.29) is 5.91 Å². The molecule has 0 aliphatic rings. The van der Waals surface area contributed by atoms with Crippen molar-refractivity contribution in [3.05, 3.63) is 53.6 Å². The van der Waals surface area contributed by atoms with Crippen molar-refractivity contribution in [3.8, 4) is 11.5 Å². The number of benzene rings is 2. The molecule has 0 fully saturated rings. The third-order valence-corrected chi connectivity index (χ3v) is 4.37. The molecule has 0 saturated heterocycles. The lowest BCUT2D eigenvalue weighted by atomic mass is 10.2. The Balaban J connectivity index is 1.84. The number of nitrogens with one attached hydrogen (secondary N) is 1.